The van der Waals surface area contributed by atoms with Gasteiger partial charge in [-0.2, -0.15) is 11.8 Å². The first-order valence-corrected chi connectivity index (χ1v) is 6.11. The molecule has 3 rings (SSSR count). The summed E-state index contributed by atoms with van der Waals surface area (Å²) in [7, 11) is 0. The Bertz CT molecular complexity index is 169. The van der Waals surface area contributed by atoms with Crippen molar-refractivity contribution in [2.75, 3.05) is 37.7 Å². The third kappa shape index (κ3) is 1.10. The lowest BCUT2D eigenvalue weighted by Crippen LogP contribution is -2.44. The molecule has 2 nitrogen and oxygen atoms in total. The van der Waals surface area contributed by atoms with E-state index >= 15 is 0 Å². The lowest BCUT2D eigenvalue weighted by Gasteiger charge is -2.34. The number of hydrogen-bond donors (Lipinski definition) is 1. The minimum Gasteiger partial charge on any atom is -0.316 e. The first-order valence-electron chi connectivity index (χ1n) is 4.96. The van der Waals surface area contributed by atoms with Crippen molar-refractivity contribution in [2.24, 2.45) is 11.8 Å². The van der Waals surface area contributed by atoms with Gasteiger partial charge in [0, 0.05) is 30.6 Å². The number of nitrogens with zero attached hydrogens (tertiary/aromatic N) is 1. The van der Waals surface area contributed by atoms with Crippen LogP contribution in [0.3, 0.4) is 0 Å². The summed E-state index contributed by atoms with van der Waals surface area (Å²) in [6.07, 6.45) is 0. The van der Waals surface area contributed by atoms with Crippen LogP contribution in [0.15, 0.2) is 0 Å². The van der Waals surface area contributed by atoms with Gasteiger partial charge in [0.1, 0.15) is 0 Å². The van der Waals surface area contributed by atoms with Gasteiger partial charge in [-0.15, -0.1) is 0 Å². The van der Waals surface area contributed by atoms with Crippen molar-refractivity contribution in [2.45, 2.75) is 6.04 Å². The number of hydrogen-bond acceptors (Lipinski definition) is 3. The summed E-state index contributed by atoms with van der Waals surface area (Å²) in [5.41, 5.74) is 0. The van der Waals surface area contributed by atoms with E-state index < -0.39 is 0 Å². The average Bonchev–Trinajstić information content (AvgIpc) is 2.40. The van der Waals surface area contributed by atoms with Gasteiger partial charge in [0.25, 0.3) is 0 Å². The maximum Gasteiger partial charge on any atom is 0.0277 e. The summed E-state index contributed by atoms with van der Waals surface area (Å²) in [5, 5.41) is 3.49. The van der Waals surface area contributed by atoms with Crippen molar-refractivity contribution >= 4 is 11.8 Å². The average molecular weight is 184 g/mol. The van der Waals surface area contributed by atoms with E-state index in [0.29, 0.717) is 0 Å². The zero-order valence-electron chi connectivity index (χ0n) is 7.33. The highest BCUT2D eigenvalue weighted by atomic mass is 32.2. The van der Waals surface area contributed by atoms with E-state index in [1.807, 2.05) is 0 Å². The van der Waals surface area contributed by atoms with Crippen LogP contribution >= 0.6 is 11.8 Å². The normalized spacial score (nSPS) is 43.0. The summed E-state index contributed by atoms with van der Waals surface area (Å²) < 4.78 is 0. The second kappa shape index (κ2) is 2.89. The predicted octanol–water partition coefficient (Wildman–Crippen LogP) is 0.253. The van der Waals surface area contributed by atoms with Gasteiger partial charge >= 0.3 is 0 Å². The minimum atomic E-state index is 0.945. The van der Waals surface area contributed by atoms with Crippen molar-refractivity contribution in [3.05, 3.63) is 0 Å². The standard InChI is InChI=1S/C9H16N2S/c1-7-3-11(9-5-12-6-9)4-8(7)2-10-1/h7-10H,1-6H2. The molecule has 2 atom stereocenters. The molecule has 0 aliphatic carbocycles. The molecule has 68 valence electrons. The van der Waals surface area contributed by atoms with Gasteiger partial charge in [0.05, 0.1) is 0 Å². The van der Waals surface area contributed by atoms with Crippen LogP contribution in [-0.4, -0.2) is 48.6 Å². The highest BCUT2D eigenvalue weighted by Gasteiger charge is 2.40. The molecule has 0 bridgehead atoms. The fraction of sp³-hybridized carbons (Fsp3) is 1.00. The van der Waals surface area contributed by atoms with Gasteiger partial charge in [-0.05, 0) is 24.9 Å². The first kappa shape index (κ1) is 7.65. The monoisotopic (exact) mass is 184 g/mol. The highest BCUT2D eigenvalue weighted by molar-refractivity contribution is 8.00. The summed E-state index contributed by atoms with van der Waals surface area (Å²) in [6.45, 7) is 5.31. The van der Waals surface area contributed by atoms with Crippen LogP contribution in [0.25, 0.3) is 0 Å². The Kier molecular flexibility index (Phi) is 1.85. The second-order valence-electron chi connectivity index (χ2n) is 4.32. The Labute approximate surface area is 78.1 Å². The lowest BCUT2D eigenvalue weighted by molar-refractivity contribution is 0.254. The summed E-state index contributed by atoms with van der Waals surface area (Å²) >= 11 is 2.10. The Morgan fingerprint density at radius 3 is 2.25 bits per heavy atom. The van der Waals surface area contributed by atoms with Gasteiger partial charge in [-0.25, -0.2) is 0 Å². The van der Waals surface area contributed by atoms with Gasteiger partial charge in [-0.1, -0.05) is 0 Å². The van der Waals surface area contributed by atoms with E-state index in [4.69, 9.17) is 0 Å². The van der Waals surface area contributed by atoms with Crippen LogP contribution in [0, 0.1) is 11.8 Å². The van der Waals surface area contributed by atoms with Gasteiger partial charge in [0.15, 0.2) is 0 Å². The van der Waals surface area contributed by atoms with Crippen LogP contribution in [-0.2, 0) is 0 Å². The summed E-state index contributed by atoms with van der Waals surface area (Å²) in [4.78, 5) is 2.73. The molecular weight excluding hydrogens is 168 g/mol. The minimum absolute atomic E-state index is 0.945. The first-order chi connectivity index (χ1) is 5.93. The number of rotatable bonds is 1. The molecule has 0 aromatic carbocycles. The van der Waals surface area contributed by atoms with Crippen molar-refractivity contribution in [3.63, 3.8) is 0 Å². The third-order valence-electron chi connectivity index (χ3n) is 3.55. The molecule has 3 saturated heterocycles. The quantitative estimate of drug-likeness (QED) is 0.629. The molecule has 3 heterocycles. The number of likely N-dealkylation sites (tertiary alicyclic amines) is 1. The third-order valence-corrected chi connectivity index (χ3v) is 4.80. The van der Waals surface area contributed by atoms with Crippen LogP contribution in [0.4, 0.5) is 0 Å². The van der Waals surface area contributed by atoms with Crippen LogP contribution in [0.5, 0.6) is 0 Å². The van der Waals surface area contributed by atoms with Gasteiger partial charge in [-0.3, -0.25) is 4.90 Å². The van der Waals surface area contributed by atoms with E-state index in [2.05, 4.69) is 22.0 Å². The van der Waals surface area contributed by atoms with Crippen molar-refractivity contribution in [1.82, 2.24) is 10.2 Å². The maximum absolute atomic E-state index is 3.49. The smallest absolute Gasteiger partial charge is 0.0277 e. The largest absolute Gasteiger partial charge is 0.316 e. The lowest BCUT2D eigenvalue weighted by atomic mass is 10.0. The zero-order valence-corrected chi connectivity index (χ0v) is 8.15. The van der Waals surface area contributed by atoms with E-state index in [-0.39, 0.29) is 0 Å². The SMILES string of the molecule is C1NCC2CN(C3CSC3)CC12. The van der Waals surface area contributed by atoms with Gasteiger partial charge < -0.3 is 5.32 Å². The van der Waals surface area contributed by atoms with E-state index in [1.54, 1.807) is 0 Å². The Morgan fingerprint density at radius 2 is 1.75 bits per heavy atom. The zero-order chi connectivity index (χ0) is 7.97. The molecule has 0 spiro atoms. The number of nitrogens with one attached hydrogen (secondary N) is 1. The van der Waals surface area contributed by atoms with Crippen LogP contribution < -0.4 is 5.32 Å². The second-order valence-corrected chi connectivity index (χ2v) is 5.40. The fourth-order valence-electron chi connectivity index (χ4n) is 2.62. The van der Waals surface area contributed by atoms with Crippen LogP contribution in [0.1, 0.15) is 0 Å². The molecule has 0 radical (unpaired) electrons. The van der Waals surface area contributed by atoms with Crippen molar-refractivity contribution < 1.29 is 0 Å². The van der Waals surface area contributed by atoms with Crippen molar-refractivity contribution in [1.29, 1.82) is 0 Å². The Morgan fingerprint density at radius 1 is 1.08 bits per heavy atom. The highest BCUT2D eigenvalue weighted by Crippen LogP contribution is 2.32. The molecule has 3 aliphatic heterocycles. The number of fused-ring (bicyclic) bond motifs is 1. The summed E-state index contributed by atoms with van der Waals surface area (Å²) in [5.74, 6) is 4.76. The molecule has 3 aliphatic rings. The van der Waals surface area contributed by atoms with E-state index in [0.717, 1.165) is 17.9 Å². The molecule has 12 heavy (non-hydrogen) atoms. The molecule has 2 unspecified atom stereocenters. The maximum atomic E-state index is 3.49. The molecule has 3 fully saturated rings. The molecule has 0 aromatic heterocycles. The fourth-order valence-corrected chi connectivity index (χ4v) is 3.49. The Balaban J connectivity index is 1.63. The predicted molar refractivity (Wildman–Crippen MR) is 52.5 cm³/mol. The summed E-state index contributed by atoms with van der Waals surface area (Å²) in [6, 6.07) is 0.945. The molecular formula is C9H16N2S. The Hall–Kier alpha value is 0.270. The molecule has 0 saturated carbocycles. The molecule has 3 heteroatoms. The van der Waals surface area contributed by atoms with E-state index in [9.17, 15) is 0 Å². The topological polar surface area (TPSA) is 15.3 Å². The van der Waals surface area contributed by atoms with E-state index in [1.165, 1.54) is 37.7 Å². The molecule has 0 aromatic rings. The number of thioether (sulfide) groups is 1. The molecule has 1 N–H and O–H groups in total. The van der Waals surface area contributed by atoms with Crippen LogP contribution in [0.2, 0.25) is 0 Å². The van der Waals surface area contributed by atoms with Gasteiger partial charge in [0.2, 0.25) is 0 Å². The van der Waals surface area contributed by atoms with Crippen molar-refractivity contribution in [3.8, 4) is 0 Å². The molecule has 0 amide bonds.